The number of hydrogen-bond donors (Lipinski definition) is 3. The van der Waals surface area contributed by atoms with Crippen LogP contribution in [0.3, 0.4) is 0 Å². The number of aryl methyl sites for hydroxylation is 2. The fourth-order valence-corrected chi connectivity index (χ4v) is 3.51. The van der Waals surface area contributed by atoms with Gasteiger partial charge >= 0.3 is 18.0 Å². The van der Waals surface area contributed by atoms with Crippen LogP contribution >= 0.6 is 22.7 Å². The van der Waals surface area contributed by atoms with Crippen LogP contribution in [0, 0.1) is 13.8 Å². The number of nitrogen functional groups attached to an aromatic ring is 1. The van der Waals surface area contributed by atoms with Crippen molar-refractivity contribution in [3.05, 3.63) is 31.6 Å². The lowest BCUT2D eigenvalue weighted by Crippen LogP contribution is -2.20. The summed E-state index contributed by atoms with van der Waals surface area (Å²) >= 11 is 2.59. The summed E-state index contributed by atoms with van der Waals surface area (Å²) < 4.78 is 9.07. The molecule has 10 heteroatoms. The molecule has 0 aliphatic carbocycles. The van der Waals surface area contributed by atoms with Crippen molar-refractivity contribution in [2.24, 2.45) is 5.73 Å². The van der Waals surface area contributed by atoms with E-state index in [2.05, 4.69) is 14.8 Å². The molecule has 5 N–H and O–H groups in total. The van der Waals surface area contributed by atoms with Gasteiger partial charge in [-0.25, -0.2) is 14.4 Å². The molecule has 0 spiro atoms. The first kappa shape index (κ1) is 20.5. The average Bonchev–Trinajstić information content (AvgIpc) is 3.07. The second kappa shape index (κ2) is 9.04. The highest BCUT2D eigenvalue weighted by Gasteiger charge is 2.16. The van der Waals surface area contributed by atoms with E-state index in [1.165, 1.54) is 36.9 Å². The number of nitrogens with two attached hydrogens (primary N) is 2. The van der Waals surface area contributed by atoms with Crippen molar-refractivity contribution in [3.63, 3.8) is 0 Å². The summed E-state index contributed by atoms with van der Waals surface area (Å²) in [6.45, 7) is 3.72. The van der Waals surface area contributed by atoms with Gasteiger partial charge in [-0.3, -0.25) is 0 Å². The highest BCUT2D eigenvalue weighted by atomic mass is 32.1. The quantitative estimate of drug-likeness (QED) is 0.696. The molecule has 0 aliphatic heterocycles. The van der Waals surface area contributed by atoms with Crippen LogP contribution in [0.1, 0.15) is 29.1 Å². The average molecular weight is 385 g/mol. The summed E-state index contributed by atoms with van der Waals surface area (Å²) in [5.74, 6) is -0.840. The minimum absolute atomic E-state index is 0.351. The van der Waals surface area contributed by atoms with E-state index in [1.807, 2.05) is 13.8 Å². The highest BCUT2D eigenvalue weighted by molar-refractivity contribution is 7.14. The molecule has 2 aromatic heterocycles. The van der Waals surface area contributed by atoms with Crippen molar-refractivity contribution in [1.29, 1.82) is 0 Å². The maximum Gasteiger partial charge on any atom is 0.350 e. The van der Waals surface area contributed by atoms with Gasteiger partial charge in [-0.15, -0.1) is 22.7 Å². The Bertz CT molecular complexity index is 782. The molecule has 0 saturated heterocycles. The lowest BCUT2D eigenvalue weighted by Gasteiger charge is -2.00. The largest absolute Gasteiger partial charge is 0.465 e. The van der Waals surface area contributed by atoms with Crippen molar-refractivity contribution < 1.29 is 23.9 Å². The van der Waals surface area contributed by atoms with E-state index in [-0.39, 0.29) is 5.97 Å². The fourth-order valence-electron chi connectivity index (χ4n) is 1.77. The van der Waals surface area contributed by atoms with Gasteiger partial charge < -0.3 is 26.3 Å². The third kappa shape index (κ3) is 5.76. The zero-order valence-electron chi connectivity index (χ0n) is 14.2. The molecule has 0 saturated carbocycles. The van der Waals surface area contributed by atoms with E-state index < -0.39 is 12.0 Å². The van der Waals surface area contributed by atoms with Crippen molar-refractivity contribution in [3.8, 4) is 0 Å². The van der Waals surface area contributed by atoms with E-state index in [0.29, 0.717) is 21.1 Å². The van der Waals surface area contributed by atoms with E-state index in [4.69, 9.17) is 11.5 Å². The third-order valence-electron chi connectivity index (χ3n) is 2.74. The molecule has 0 aromatic carbocycles. The van der Waals surface area contributed by atoms with Crippen LogP contribution in [-0.4, -0.2) is 32.2 Å². The molecular weight excluding hydrogens is 366 g/mol. The van der Waals surface area contributed by atoms with Gasteiger partial charge in [-0.2, -0.15) is 0 Å². The topological polar surface area (TPSA) is 134 Å². The number of thiophene rings is 2. The number of urea groups is 1. The molecule has 2 aromatic rings. The fraction of sp³-hybridized carbons (Fsp3) is 0.267. The van der Waals surface area contributed by atoms with Crippen LogP contribution in [-0.2, 0) is 9.47 Å². The van der Waals surface area contributed by atoms with Gasteiger partial charge in [0.2, 0.25) is 0 Å². The summed E-state index contributed by atoms with van der Waals surface area (Å²) in [6, 6.07) is 2.73. The Morgan fingerprint density at radius 2 is 1.44 bits per heavy atom. The smallest absolute Gasteiger partial charge is 0.350 e. The predicted octanol–water partition coefficient (Wildman–Crippen LogP) is 2.76. The summed E-state index contributed by atoms with van der Waals surface area (Å²) in [7, 11) is 2.63. The molecule has 0 unspecified atom stereocenters. The number of carbonyl (C=O) groups excluding carboxylic acids is 3. The Morgan fingerprint density at radius 1 is 0.960 bits per heavy atom. The van der Waals surface area contributed by atoms with Crippen molar-refractivity contribution in [2.75, 3.05) is 25.3 Å². The number of hydrogen-bond acceptors (Lipinski definition) is 8. The molecule has 2 rings (SSSR count). The molecule has 2 amide bonds. The van der Waals surface area contributed by atoms with Crippen molar-refractivity contribution >= 4 is 52.0 Å². The number of anilines is 2. The van der Waals surface area contributed by atoms with Crippen LogP contribution in [0.5, 0.6) is 0 Å². The molecule has 0 fully saturated rings. The first-order chi connectivity index (χ1) is 11.7. The normalized spacial score (nSPS) is 9.60. The van der Waals surface area contributed by atoms with Crippen molar-refractivity contribution in [1.82, 2.24) is 0 Å². The predicted molar refractivity (Wildman–Crippen MR) is 98.4 cm³/mol. The maximum atomic E-state index is 11.2. The van der Waals surface area contributed by atoms with Gasteiger partial charge in [0.05, 0.1) is 25.6 Å². The number of primary amides is 1. The van der Waals surface area contributed by atoms with Crippen LogP contribution in [0.4, 0.5) is 16.2 Å². The van der Waals surface area contributed by atoms with Gasteiger partial charge in [0, 0.05) is 9.75 Å². The standard InChI is InChI=1S/C8H10N2O3S.C7H9NO2S/c1-4-3-5(10-8(9)12)6(14-4)7(11)13-2;1-4-3-5(8)6(11-4)7(9)10-2/h3H,1-2H3,(H3,9,10,12);3H,8H2,1-2H3. The number of ether oxygens (including phenoxy) is 2. The molecule has 0 atom stereocenters. The molecule has 25 heavy (non-hydrogen) atoms. The second-order valence-corrected chi connectivity index (χ2v) is 7.23. The SMILES string of the molecule is COC(=O)c1sc(C)cc1N.COC(=O)c1sc(C)cc1NC(N)=O. The highest BCUT2D eigenvalue weighted by Crippen LogP contribution is 2.27. The van der Waals surface area contributed by atoms with Crippen LogP contribution in [0.15, 0.2) is 12.1 Å². The van der Waals surface area contributed by atoms with E-state index in [1.54, 1.807) is 12.1 Å². The minimum Gasteiger partial charge on any atom is -0.465 e. The van der Waals surface area contributed by atoms with E-state index in [9.17, 15) is 14.4 Å². The summed E-state index contributed by atoms with van der Waals surface area (Å²) in [4.78, 5) is 35.5. The zero-order chi connectivity index (χ0) is 19.1. The lowest BCUT2D eigenvalue weighted by atomic mass is 10.3. The third-order valence-corrected chi connectivity index (χ3v) is 4.82. The minimum atomic E-state index is -0.701. The molecular formula is C15H19N3O5S2. The summed E-state index contributed by atoms with van der Waals surface area (Å²) in [5.41, 5.74) is 11.4. The van der Waals surface area contributed by atoms with E-state index >= 15 is 0 Å². The Morgan fingerprint density at radius 3 is 1.88 bits per heavy atom. The number of amides is 2. The Labute approximate surface area is 152 Å². The maximum absolute atomic E-state index is 11.2. The Balaban J connectivity index is 0.000000257. The number of nitrogens with one attached hydrogen (secondary N) is 1. The number of rotatable bonds is 3. The molecule has 8 nitrogen and oxygen atoms in total. The first-order valence-electron chi connectivity index (χ1n) is 6.89. The van der Waals surface area contributed by atoms with Gasteiger partial charge in [0.1, 0.15) is 9.75 Å². The van der Waals surface area contributed by atoms with Crippen LogP contribution < -0.4 is 16.8 Å². The molecule has 0 radical (unpaired) electrons. The monoisotopic (exact) mass is 385 g/mol. The van der Waals surface area contributed by atoms with Gasteiger partial charge in [-0.05, 0) is 26.0 Å². The number of methoxy groups -OCH3 is 2. The van der Waals surface area contributed by atoms with Crippen LogP contribution in [0.25, 0.3) is 0 Å². The second-order valence-electron chi connectivity index (χ2n) is 4.71. The number of carbonyl (C=O) groups is 3. The Kier molecular flexibility index (Phi) is 7.40. The van der Waals surface area contributed by atoms with Crippen molar-refractivity contribution in [2.45, 2.75) is 13.8 Å². The Hall–Kier alpha value is -2.59. The summed E-state index contributed by atoms with van der Waals surface area (Å²) in [5, 5.41) is 2.36. The lowest BCUT2D eigenvalue weighted by molar-refractivity contribution is 0.0598. The molecule has 2 heterocycles. The first-order valence-corrected chi connectivity index (χ1v) is 8.52. The number of esters is 2. The van der Waals surface area contributed by atoms with Gasteiger partial charge in [-0.1, -0.05) is 0 Å². The van der Waals surface area contributed by atoms with E-state index in [0.717, 1.165) is 9.75 Å². The molecule has 136 valence electrons. The summed E-state index contributed by atoms with van der Waals surface area (Å²) in [6.07, 6.45) is 0. The molecule has 0 bridgehead atoms. The molecule has 0 aliphatic rings. The van der Waals surface area contributed by atoms with Gasteiger partial charge in [0.15, 0.2) is 0 Å². The zero-order valence-corrected chi connectivity index (χ0v) is 15.8. The van der Waals surface area contributed by atoms with Crippen LogP contribution in [0.2, 0.25) is 0 Å². The van der Waals surface area contributed by atoms with Gasteiger partial charge in [0.25, 0.3) is 0 Å².